The molecule has 2 aromatic carbocycles. The van der Waals surface area contributed by atoms with Crippen molar-refractivity contribution in [3.63, 3.8) is 0 Å². The van der Waals surface area contributed by atoms with Crippen LogP contribution in [0.5, 0.6) is 5.75 Å². The van der Waals surface area contributed by atoms with Gasteiger partial charge in [0.05, 0.1) is 5.52 Å². The first-order chi connectivity index (χ1) is 8.34. The molecule has 17 heavy (non-hydrogen) atoms. The zero-order chi connectivity index (χ0) is 11.7. The van der Waals surface area contributed by atoms with Crippen molar-refractivity contribution in [2.45, 2.75) is 6.42 Å². The zero-order valence-corrected chi connectivity index (χ0v) is 9.09. The lowest BCUT2D eigenvalue weighted by molar-refractivity contribution is 0.469. The SMILES string of the molecule is Oc1ccccc1Cc1cccc2[nH]nnc12. The predicted molar refractivity (Wildman–Crippen MR) is 64.8 cm³/mol. The minimum Gasteiger partial charge on any atom is -0.508 e. The molecular weight excluding hydrogens is 214 g/mol. The molecule has 4 nitrogen and oxygen atoms in total. The maximum atomic E-state index is 9.75. The molecule has 0 spiro atoms. The largest absolute Gasteiger partial charge is 0.508 e. The molecule has 1 heterocycles. The molecule has 0 aliphatic rings. The molecule has 2 N–H and O–H groups in total. The van der Waals surface area contributed by atoms with Gasteiger partial charge >= 0.3 is 0 Å². The molecule has 0 saturated heterocycles. The summed E-state index contributed by atoms with van der Waals surface area (Å²) in [6, 6.07) is 13.2. The molecule has 0 aliphatic carbocycles. The highest BCUT2D eigenvalue weighted by Crippen LogP contribution is 2.22. The summed E-state index contributed by atoms with van der Waals surface area (Å²) in [5, 5.41) is 20.4. The summed E-state index contributed by atoms with van der Waals surface area (Å²) in [6.45, 7) is 0. The van der Waals surface area contributed by atoms with Crippen LogP contribution in [0.25, 0.3) is 11.0 Å². The van der Waals surface area contributed by atoms with E-state index in [9.17, 15) is 5.11 Å². The third-order valence-electron chi connectivity index (χ3n) is 2.81. The second-order valence-corrected chi connectivity index (χ2v) is 3.93. The molecule has 3 rings (SSSR count). The van der Waals surface area contributed by atoms with Gasteiger partial charge in [0.25, 0.3) is 0 Å². The van der Waals surface area contributed by atoms with Crippen molar-refractivity contribution in [1.29, 1.82) is 0 Å². The fourth-order valence-corrected chi connectivity index (χ4v) is 1.94. The first-order valence-electron chi connectivity index (χ1n) is 5.40. The van der Waals surface area contributed by atoms with E-state index < -0.39 is 0 Å². The Morgan fingerprint density at radius 2 is 1.82 bits per heavy atom. The topological polar surface area (TPSA) is 61.8 Å². The van der Waals surface area contributed by atoms with Crippen LogP contribution < -0.4 is 0 Å². The summed E-state index contributed by atoms with van der Waals surface area (Å²) in [5.74, 6) is 0.313. The number of hydrogen-bond acceptors (Lipinski definition) is 3. The molecule has 0 unspecified atom stereocenters. The molecule has 0 atom stereocenters. The summed E-state index contributed by atoms with van der Waals surface area (Å²) in [5.41, 5.74) is 3.72. The van der Waals surface area contributed by atoms with E-state index >= 15 is 0 Å². The van der Waals surface area contributed by atoms with E-state index in [1.165, 1.54) is 0 Å². The average molecular weight is 225 g/mol. The Morgan fingerprint density at radius 3 is 2.71 bits per heavy atom. The van der Waals surface area contributed by atoms with E-state index in [0.29, 0.717) is 12.2 Å². The van der Waals surface area contributed by atoms with Crippen LogP contribution in [0.1, 0.15) is 11.1 Å². The van der Waals surface area contributed by atoms with E-state index in [4.69, 9.17) is 0 Å². The van der Waals surface area contributed by atoms with Gasteiger partial charge < -0.3 is 5.11 Å². The van der Waals surface area contributed by atoms with Crippen LogP contribution in [-0.2, 0) is 6.42 Å². The molecule has 0 radical (unpaired) electrons. The number of aromatic nitrogens is 3. The van der Waals surface area contributed by atoms with Crippen molar-refractivity contribution in [3.05, 3.63) is 53.6 Å². The predicted octanol–water partition coefficient (Wildman–Crippen LogP) is 2.25. The van der Waals surface area contributed by atoms with Gasteiger partial charge in [-0.25, -0.2) is 0 Å². The Bertz CT molecular complexity index is 660. The fraction of sp³-hybridized carbons (Fsp3) is 0.0769. The third-order valence-corrected chi connectivity index (χ3v) is 2.81. The first-order valence-corrected chi connectivity index (χ1v) is 5.40. The number of aromatic amines is 1. The van der Waals surface area contributed by atoms with Gasteiger partial charge in [0, 0.05) is 6.42 Å². The number of aromatic hydroxyl groups is 1. The number of phenols is 1. The summed E-state index contributed by atoms with van der Waals surface area (Å²) in [7, 11) is 0. The highest BCUT2D eigenvalue weighted by atomic mass is 16.3. The molecule has 0 fully saturated rings. The van der Waals surface area contributed by atoms with Crippen LogP contribution in [0.2, 0.25) is 0 Å². The van der Waals surface area contributed by atoms with Crippen molar-refractivity contribution >= 4 is 11.0 Å². The van der Waals surface area contributed by atoms with Crippen molar-refractivity contribution in [2.75, 3.05) is 0 Å². The molecule has 0 amide bonds. The molecule has 4 heteroatoms. The number of rotatable bonds is 2. The van der Waals surface area contributed by atoms with Crippen molar-refractivity contribution < 1.29 is 5.11 Å². The summed E-state index contributed by atoms with van der Waals surface area (Å²) in [6.07, 6.45) is 0.649. The molecule has 0 aliphatic heterocycles. The first kappa shape index (κ1) is 9.84. The molecule has 3 aromatic rings. The molecule has 84 valence electrons. The maximum Gasteiger partial charge on any atom is 0.119 e. The minimum atomic E-state index is 0.313. The van der Waals surface area contributed by atoms with Crippen LogP contribution in [0.4, 0.5) is 0 Å². The lowest BCUT2D eigenvalue weighted by Gasteiger charge is -2.04. The second-order valence-electron chi connectivity index (χ2n) is 3.93. The van der Waals surface area contributed by atoms with E-state index in [1.54, 1.807) is 6.07 Å². The third kappa shape index (κ3) is 1.73. The van der Waals surface area contributed by atoms with E-state index in [-0.39, 0.29) is 0 Å². The molecular formula is C13H11N3O. The van der Waals surface area contributed by atoms with Crippen molar-refractivity contribution in [1.82, 2.24) is 15.4 Å². The van der Waals surface area contributed by atoms with Crippen molar-refractivity contribution in [2.24, 2.45) is 0 Å². The number of benzene rings is 2. The maximum absolute atomic E-state index is 9.75. The number of fused-ring (bicyclic) bond motifs is 1. The highest BCUT2D eigenvalue weighted by Gasteiger charge is 2.07. The standard InChI is InChI=1S/C13H11N3O/c17-12-7-2-1-4-9(12)8-10-5-3-6-11-13(10)15-16-14-11/h1-7,17H,8H2,(H,14,15,16). The summed E-state index contributed by atoms with van der Waals surface area (Å²) in [4.78, 5) is 0. The van der Waals surface area contributed by atoms with Gasteiger partial charge in [-0.1, -0.05) is 35.5 Å². The number of nitrogens with zero attached hydrogens (tertiary/aromatic N) is 2. The van der Waals surface area contributed by atoms with E-state index in [2.05, 4.69) is 15.4 Å². The summed E-state index contributed by atoms with van der Waals surface area (Å²) >= 11 is 0. The number of para-hydroxylation sites is 1. The molecule has 1 aromatic heterocycles. The smallest absolute Gasteiger partial charge is 0.119 e. The quantitative estimate of drug-likeness (QED) is 0.703. The monoisotopic (exact) mass is 225 g/mol. The van der Waals surface area contributed by atoms with Gasteiger partial charge in [0.15, 0.2) is 0 Å². The Balaban J connectivity index is 2.06. The lowest BCUT2D eigenvalue weighted by Crippen LogP contribution is -1.90. The Labute approximate surface area is 97.9 Å². The summed E-state index contributed by atoms with van der Waals surface area (Å²) < 4.78 is 0. The number of nitrogens with one attached hydrogen (secondary N) is 1. The molecule has 0 saturated carbocycles. The second kappa shape index (κ2) is 3.90. The van der Waals surface area contributed by atoms with Gasteiger partial charge in [0.2, 0.25) is 0 Å². The van der Waals surface area contributed by atoms with Gasteiger partial charge in [0.1, 0.15) is 11.3 Å². The fourth-order valence-electron chi connectivity index (χ4n) is 1.94. The normalized spacial score (nSPS) is 10.8. The van der Waals surface area contributed by atoms with E-state index in [1.807, 2.05) is 36.4 Å². The van der Waals surface area contributed by atoms with Gasteiger partial charge in [-0.05, 0) is 23.3 Å². The Morgan fingerprint density at radius 1 is 1.00 bits per heavy atom. The van der Waals surface area contributed by atoms with Crippen LogP contribution >= 0.6 is 0 Å². The number of H-pyrrole nitrogens is 1. The highest BCUT2D eigenvalue weighted by molar-refractivity contribution is 5.77. The lowest BCUT2D eigenvalue weighted by atomic mass is 10.0. The van der Waals surface area contributed by atoms with Gasteiger partial charge in [-0.3, -0.25) is 5.10 Å². The van der Waals surface area contributed by atoms with Crippen LogP contribution in [0.3, 0.4) is 0 Å². The Hall–Kier alpha value is -2.36. The van der Waals surface area contributed by atoms with Gasteiger partial charge in [-0.15, -0.1) is 5.10 Å². The van der Waals surface area contributed by atoms with Crippen LogP contribution in [0.15, 0.2) is 42.5 Å². The van der Waals surface area contributed by atoms with Crippen LogP contribution in [-0.4, -0.2) is 20.5 Å². The average Bonchev–Trinajstić information content (AvgIpc) is 2.81. The zero-order valence-electron chi connectivity index (χ0n) is 9.09. The van der Waals surface area contributed by atoms with Gasteiger partial charge in [-0.2, -0.15) is 0 Å². The number of phenolic OH excluding ortho intramolecular Hbond substituents is 1. The Kier molecular flexibility index (Phi) is 2.26. The van der Waals surface area contributed by atoms with E-state index in [0.717, 1.165) is 22.2 Å². The minimum absolute atomic E-state index is 0.313. The number of hydrogen-bond donors (Lipinski definition) is 2. The van der Waals surface area contributed by atoms with Crippen molar-refractivity contribution in [3.8, 4) is 5.75 Å². The van der Waals surface area contributed by atoms with Crippen LogP contribution in [0, 0.1) is 0 Å². The molecule has 0 bridgehead atoms.